The molecule has 1 heterocycles. The van der Waals surface area contributed by atoms with Crippen LogP contribution < -0.4 is 16.2 Å². The Morgan fingerprint density at radius 2 is 1.83 bits per heavy atom. The average Bonchev–Trinajstić information content (AvgIpc) is 3.06. The molecule has 2 atom stereocenters. The molecule has 0 saturated carbocycles. The molecule has 1 amide bonds. The largest absolute Gasteiger partial charge is 0.508 e. The average molecular weight is 325 g/mol. The van der Waals surface area contributed by atoms with E-state index in [4.69, 9.17) is 0 Å². The SMILES string of the molecule is Cc1ccc(CNC(=O)C2CC(c3cc(C)ccc3O)NN2)cc1. The summed E-state index contributed by atoms with van der Waals surface area (Å²) in [5.41, 5.74) is 10.3. The summed E-state index contributed by atoms with van der Waals surface area (Å²) >= 11 is 0. The van der Waals surface area contributed by atoms with Crippen molar-refractivity contribution < 1.29 is 9.90 Å². The molecule has 0 aliphatic carbocycles. The van der Waals surface area contributed by atoms with Crippen molar-refractivity contribution in [2.45, 2.75) is 38.9 Å². The van der Waals surface area contributed by atoms with Gasteiger partial charge >= 0.3 is 0 Å². The molecule has 2 aromatic carbocycles. The summed E-state index contributed by atoms with van der Waals surface area (Å²) in [4.78, 5) is 12.3. The zero-order valence-corrected chi connectivity index (χ0v) is 14.0. The summed E-state index contributed by atoms with van der Waals surface area (Å²) in [6.45, 7) is 4.53. The Morgan fingerprint density at radius 3 is 2.58 bits per heavy atom. The zero-order valence-electron chi connectivity index (χ0n) is 14.0. The van der Waals surface area contributed by atoms with Crippen molar-refractivity contribution in [3.05, 3.63) is 64.7 Å². The molecule has 1 fully saturated rings. The van der Waals surface area contributed by atoms with Gasteiger partial charge in [0.15, 0.2) is 0 Å². The number of hydrogen-bond donors (Lipinski definition) is 4. The van der Waals surface area contributed by atoms with E-state index in [1.165, 1.54) is 5.56 Å². The van der Waals surface area contributed by atoms with Crippen LogP contribution in [0, 0.1) is 13.8 Å². The number of rotatable bonds is 4. The lowest BCUT2D eigenvalue weighted by Crippen LogP contribution is -2.42. The van der Waals surface area contributed by atoms with E-state index < -0.39 is 0 Å². The number of nitrogens with one attached hydrogen (secondary N) is 3. The van der Waals surface area contributed by atoms with E-state index >= 15 is 0 Å². The lowest BCUT2D eigenvalue weighted by Gasteiger charge is -2.13. The van der Waals surface area contributed by atoms with Crippen LogP contribution in [0.1, 0.15) is 34.7 Å². The second-order valence-corrected chi connectivity index (χ2v) is 6.40. The van der Waals surface area contributed by atoms with Crippen LogP contribution in [0.4, 0.5) is 0 Å². The Balaban J connectivity index is 1.57. The highest BCUT2D eigenvalue weighted by atomic mass is 16.3. The third-order valence-electron chi connectivity index (χ3n) is 4.37. The lowest BCUT2D eigenvalue weighted by atomic mass is 9.99. The Bertz CT molecular complexity index is 728. The second kappa shape index (κ2) is 7.03. The molecule has 2 aromatic rings. The van der Waals surface area contributed by atoms with Gasteiger partial charge in [-0.15, -0.1) is 0 Å². The van der Waals surface area contributed by atoms with E-state index in [2.05, 4.69) is 16.2 Å². The number of benzene rings is 2. The van der Waals surface area contributed by atoms with Crippen molar-refractivity contribution in [1.29, 1.82) is 0 Å². The van der Waals surface area contributed by atoms with Crippen LogP contribution in [0.3, 0.4) is 0 Å². The number of amides is 1. The van der Waals surface area contributed by atoms with E-state index in [1.807, 2.05) is 50.2 Å². The normalized spacial score (nSPS) is 20.1. The van der Waals surface area contributed by atoms with Crippen molar-refractivity contribution in [3.8, 4) is 5.75 Å². The van der Waals surface area contributed by atoms with Gasteiger partial charge in [0.1, 0.15) is 11.8 Å². The first-order chi connectivity index (χ1) is 11.5. The number of carbonyl (C=O) groups is 1. The topological polar surface area (TPSA) is 73.4 Å². The Morgan fingerprint density at radius 1 is 1.12 bits per heavy atom. The van der Waals surface area contributed by atoms with E-state index in [0.29, 0.717) is 13.0 Å². The van der Waals surface area contributed by atoms with Crippen LogP contribution in [0.2, 0.25) is 0 Å². The zero-order chi connectivity index (χ0) is 17.1. The molecule has 0 aromatic heterocycles. The fourth-order valence-electron chi connectivity index (χ4n) is 2.90. The number of phenols is 1. The molecule has 24 heavy (non-hydrogen) atoms. The molecule has 4 N–H and O–H groups in total. The van der Waals surface area contributed by atoms with E-state index in [0.717, 1.165) is 16.7 Å². The van der Waals surface area contributed by atoms with Gasteiger partial charge in [-0.2, -0.15) is 0 Å². The molecular formula is C19H23N3O2. The van der Waals surface area contributed by atoms with Crippen molar-refractivity contribution in [1.82, 2.24) is 16.2 Å². The first kappa shape index (κ1) is 16.5. The Labute approximate surface area is 142 Å². The molecule has 0 spiro atoms. The monoisotopic (exact) mass is 325 g/mol. The highest BCUT2D eigenvalue weighted by Gasteiger charge is 2.31. The molecule has 3 rings (SSSR count). The van der Waals surface area contributed by atoms with Crippen molar-refractivity contribution in [2.75, 3.05) is 0 Å². The molecule has 1 aliphatic heterocycles. The second-order valence-electron chi connectivity index (χ2n) is 6.40. The Hall–Kier alpha value is -2.37. The summed E-state index contributed by atoms with van der Waals surface area (Å²) in [6.07, 6.45) is 0.594. The molecule has 1 saturated heterocycles. The van der Waals surface area contributed by atoms with Crippen LogP contribution in [0.25, 0.3) is 0 Å². The molecule has 0 bridgehead atoms. The highest BCUT2D eigenvalue weighted by molar-refractivity contribution is 5.82. The van der Waals surface area contributed by atoms with Gasteiger partial charge < -0.3 is 10.4 Å². The number of aryl methyl sites for hydroxylation is 2. The number of hydrogen-bond acceptors (Lipinski definition) is 4. The van der Waals surface area contributed by atoms with Crippen LogP contribution in [0.15, 0.2) is 42.5 Å². The standard InChI is InChI=1S/C19H23N3O2/c1-12-3-6-14(7-4-12)11-20-19(24)17-10-16(21-22-17)15-9-13(2)5-8-18(15)23/h3-9,16-17,21-23H,10-11H2,1-2H3,(H,20,24). The maximum atomic E-state index is 12.3. The number of phenolic OH excluding ortho intramolecular Hbond substituents is 1. The van der Waals surface area contributed by atoms with Crippen molar-refractivity contribution in [3.63, 3.8) is 0 Å². The van der Waals surface area contributed by atoms with Crippen LogP contribution >= 0.6 is 0 Å². The fourth-order valence-corrected chi connectivity index (χ4v) is 2.90. The van der Waals surface area contributed by atoms with E-state index in [1.54, 1.807) is 6.07 Å². The summed E-state index contributed by atoms with van der Waals surface area (Å²) in [5.74, 6) is 0.207. The summed E-state index contributed by atoms with van der Waals surface area (Å²) in [6, 6.07) is 13.2. The maximum Gasteiger partial charge on any atom is 0.238 e. The van der Waals surface area contributed by atoms with Crippen molar-refractivity contribution in [2.24, 2.45) is 0 Å². The maximum absolute atomic E-state index is 12.3. The molecule has 126 valence electrons. The molecule has 5 nitrogen and oxygen atoms in total. The van der Waals surface area contributed by atoms with Gasteiger partial charge in [-0.1, -0.05) is 47.5 Å². The number of aromatic hydroxyl groups is 1. The van der Waals surface area contributed by atoms with Crippen LogP contribution in [-0.4, -0.2) is 17.1 Å². The smallest absolute Gasteiger partial charge is 0.238 e. The van der Waals surface area contributed by atoms with E-state index in [9.17, 15) is 9.90 Å². The minimum atomic E-state index is -0.319. The minimum absolute atomic E-state index is 0.0438. The van der Waals surface area contributed by atoms with Gasteiger partial charge in [-0.05, 0) is 31.9 Å². The van der Waals surface area contributed by atoms with Crippen LogP contribution in [0.5, 0.6) is 5.75 Å². The summed E-state index contributed by atoms with van der Waals surface area (Å²) < 4.78 is 0. The predicted octanol–water partition coefficient (Wildman–Crippen LogP) is 2.23. The first-order valence-corrected chi connectivity index (χ1v) is 8.17. The van der Waals surface area contributed by atoms with Gasteiger partial charge in [0.25, 0.3) is 0 Å². The molecular weight excluding hydrogens is 302 g/mol. The predicted molar refractivity (Wildman–Crippen MR) is 93.3 cm³/mol. The van der Waals surface area contributed by atoms with Gasteiger partial charge in [-0.25, -0.2) is 10.9 Å². The number of hydrazine groups is 1. The number of carbonyl (C=O) groups excluding carboxylic acids is 1. The third-order valence-corrected chi connectivity index (χ3v) is 4.37. The first-order valence-electron chi connectivity index (χ1n) is 8.17. The lowest BCUT2D eigenvalue weighted by molar-refractivity contribution is -0.123. The molecule has 0 radical (unpaired) electrons. The van der Waals surface area contributed by atoms with Gasteiger partial charge in [0, 0.05) is 12.1 Å². The highest BCUT2D eigenvalue weighted by Crippen LogP contribution is 2.30. The summed E-state index contributed by atoms with van der Waals surface area (Å²) in [7, 11) is 0. The van der Waals surface area contributed by atoms with Gasteiger partial charge in [-0.3, -0.25) is 4.79 Å². The fraction of sp³-hybridized carbons (Fsp3) is 0.316. The van der Waals surface area contributed by atoms with E-state index in [-0.39, 0.29) is 23.7 Å². The van der Waals surface area contributed by atoms with Crippen LogP contribution in [-0.2, 0) is 11.3 Å². The quantitative estimate of drug-likeness (QED) is 0.695. The van der Waals surface area contributed by atoms with Crippen molar-refractivity contribution >= 4 is 5.91 Å². The molecule has 2 unspecified atom stereocenters. The third kappa shape index (κ3) is 3.75. The van der Waals surface area contributed by atoms with Gasteiger partial charge in [0.2, 0.25) is 5.91 Å². The van der Waals surface area contributed by atoms with Gasteiger partial charge in [0.05, 0.1) is 6.04 Å². The minimum Gasteiger partial charge on any atom is -0.508 e. The summed E-state index contributed by atoms with van der Waals surface area (Å²) in [5, 5.41) is 13.0. The Kier molecular flexibility index (Phi) is 4.83. The molecule has 5 heteroatoms. The molecule has 1 aliphatic rings.